The van der Waals surface area contributed by atoms with Gasteiger partial charge in [-0.2, -0.15) is 0 Å². The molecule has 3 nitrogen and oxygen atoms in total. The summed E-state index contributed by atoms with van der Waals surface area (Å²) in [6.45, 7) is 2.93. The van der Waals surface area contributed by atoms with Crippen LogP contribution >= 0.6 is 11.6 Å². The van der Waals surface area contributed by atoms with Crippen LogP contribution in [0.25, 0.3) is 0 Å². The van der Waals surface area contributed by atoms with Crippen molar-refractivity contribution in [2.75, 3.05) is 0 Å². The van der Waals surface area contributed by atoms with Gasteiger partial charge in [-0.05, 0) is 42.4 Å². The molecule has 2 aliphatic rings. The molecule has 1 aromatic heterocycles. The first-order valence-electron chi connectivity index (χ1n) is 9.55. The first-order chi connectivity index (χ1) is 12.3. The fourth-order valence-electron chi connectivity index (χ4n) is 4.78. The molecule has 1 aromatic carbocycles. The van der Waals surface area contributed by atoms with Crippen LogP contribution in [0.5, 0.6) is 0 Å². The second kappa shape index (κ2) is 7.43. The normalized spacial score (nSPS) is 28.2. The Bertz CT molecular complexity index is 698. The molecule has 4 rings (SSSR count). The van der Waals surface area contributed by atoms with Crippen molar-refractivity contribution in [1.29, 1.82) is 0 Å². The van der Waals surface area contributed by atoms with E-state index >= 15 is 0 Å². The lowest BCUT2D eigenvalue weighted by Gasteiger charge is -2.55. The number of nitrogens with zero attached hydrogens (tertiary/aromatic N) is 2. The Morgan fingerprint density at radius 1 is 1.04 bits per heavy atom. The van der Waals surface area contributed by atoms with Crippen molar-refractivity contribution in [3.05, 3.63) is 58.6 Å². The number of halogens is 1. The van der Waals surface area contributed by atoms with Crippen molar-refractivity contribution >= 4 is 11.6 Å². The first-order valence-corrected chi connectivity index (χ1v) is 9.92. The van der Waals surface area contributed by atoms with Crippen LogP contribution in [-0.2, 0) is 13.0 Å². The molecule has 0 radical (unpaired) electrons. The second-order valence-electron chi connectivity index (χ2n) is 7.46. The predicted molar refractivity (Wildman–Crippen MR) is 102 cm³/mol. The van der Waals surface area contributed by atoms with Crippen molar-refractivity contribution in [3.63, 3.8) is 0 Å². The molecule has 0 saturated heterocycles. The summed E-state index contributed by atoms with van der Waals surface area (Å²) in [6.07, 6.45) is 10.3. The summed E-state index contributed by atoms with van der Waals surface area (Å²) < 4.78 is 0. The minimum absolute atomic E-state index is 0.553. The molecule has 0 spiro atoms. The molecule has 0 aliphatic heterocycles. The monoisotopic (exact) mass is 355 g/mol. The Morgan fingerprint density at radius 2 is 1.72 bits per heavy atom. The van der Waals surface area contributed by atoms with Gasteiger partial charge in [0.15, 0.2) is 0 Å². The van der Waals surface area contributed by atoms with Gasteiger partial charge in [0.05, 0.1) is 0 Å². The Kier molecular flexibility index (Phi) is 5.05. The van der Waals surface area contributed by atoms with E-state index in [1.807, 2.05) is 24.5 Å². The standard InChI is InChI=1S/C21H26ClN3/c1-2-19-23-11-14(12-24-19)13-25-21-18-6-4-3-5-17(18)20(21)15-7-9-16(22)10-8-15/h7-12,17-18,20-21,25H,2-6,13H2,1H3/t17-,18+,20-,21-/m1/s1. The Balaban J connectivity index is 1.48. The molecule has 4 atom stereocenters. The summed E-state index contributed by atoms with van der Waals surface area (Å²) in [6, 6.07) is 9.04. The van der Waals surface area contributed by atoms with Crippen LogP contribution in [0.2, 0.25) is 5.02 Å². The zero-order valence-corrected chi connectivity index (χ0v) is 15.5. The van der Waals surface area contributed by atoms with Crippen LogP contribution in [0.3, 0.4) is 0 Å². The fourth-order valence-corrected chi connectivity index (χ4v) is 4.90. The third kappa shape index (κ3) is 3.45. The van der Waals surface area contributed by atoms with Gasteiger partial charge in [0.2, 0.25) is 0 Å². The smallest absolute Gasteiger partial charge is 0.127 e. The summed E-state index contributed by atoms with van der Waals surface area (Å²) >= 11 is 6.09. The molecule has 2 aliphatic carbocycles. The van der Waals surface area contributed by atoms with Gasteiger partial charge in [-0.1, -0.05) is 43.5 Å². The lowest BCUT2D eigenvalue weighted by atomic mass is 9.53. The van der Waals surface area contributed by atoms with E-state index < -0.39 is 0 Å². The van der Waals surface area contributed by atoms with Gasteiger partial charge in [0.1, 0.15) is 5.82 Å². The number of benzene rings is 1. The molecule has 0 unspecified atom stereocenters. The molecule has 25 heavy (non-hydrogen) atoms. The van der Waals surface area contributed by atoms with Crippen LogP contribution in [-0.4, -0.2) is 16.0 Å². The number of nitrogens with one attached hydrogen (secondary N) is 1. The average molecular weight is 356 g/mol. The Labute approximate surface area is 155 Å². The minimum atomic E-state index is 0.553. The van der Waals surface area contributed by atoms with Gasteiger partial charge >= 0.3 is 0 Å². The summed E-state index contributed by atoms with van der Waals surface area (Å²) in [4.78, 5) is 8.84. The highest BCUT2D eigenvalue weighted by atomic mass is 35.5. The molecule has 1 N–H and O–H groups in total. The number of aryl methyl sites for hydroxylation is 1. The van der Waals surface area contributed by atoms with Crippen molar-refractivity contribution < 1.29 is 0 Å². The van der Waals surface area contributed by atoms with E-state index in [2.05, 4.69) is 34.3 Å². The van der Waals surface area contributed by atoms with E-state index in [1.165, 1.54) is 36.8 Å². The van der Waals surface area contributed by atoms with E-state index in [1.54, 1.807) is 0 Å². The van der Waals surface area contributed by atoms with Crippen molar-refractivity contribution in [1.82, 2.24) is 15.3 Å². The van der Waals surface area contributed by atoms with Gasteiger partial charge in [0.25, 0.3) is 0 Å². The fraction of sp³-hybridized carbons (Fsp3) is 0.524. The molecule has 2 fully saturated rings. The topological polar surface area (TPSA) is 37.8 Å². The Morgan fingerprint density at radius 3 is 2.40 bits per heavy atom. The van der Waals surface area contributed by atoms with Gasteiger partial charge in [-0.25, -0.2) is 9.97 Å². The summed E-state index contributed by atoms with van der Waals surface area (Å²) in [7, 11) is 0. The number of fused-ring (bicyclic) bond motifs is 1. The predicted octanol–water partition coefficient (Wildman–Crippen LogP) is 4.75. The molecular weight excluding hydrogens is 330 g/mol. The lowest BCUT2D eigenvalue weighted by molar-refractivity contribution is 0.0254. The van der Waals surface area contributed by atoms with Gasteiger partial charge < -0.3 is 5.32 Å². The third-order valence-electron chi connectivity index (χ3n) is 6.06. The van der Waals surface area contributed by atoms with Crippen LogP contribution < -0.4 is 5.32 Å². The first kappa shape index (κ1) is 17.0. The highest BCUT2D eigenvalue weighted by molar-refractivity contribution is 6.30. The lowest BCUT2D eigenvalue weighted by Crippen LogP contribution is -2.57. The maximum Gasteiger partial charge on any atom is 0.127 e. The van der Waals surface area contributed by atoms with E-state index in [-0.39, 0.29) is 0 Å². The third-order valence-corrected chi connectivity index (χ3v) is 6.31. The summed E-state index contributed by atoms with van der Waals surface area (Å²) in [5.41, 5.74) is 2.61. The van der Waals surface area contributed by atoms with E-state index in [9.17, 15) is 0 Å². The number of rotatable bonds is 5. The number of hydrogen-bond acceptors (Lipinski definition) is 3. The van der Waals surface area contributed by atoms with Crippen LogP contribution in [0.4, 0.5) is 0 Å². The van der Waals surface area contributed by atoms with Gasteiger partial charge in [-0.15, -0.1) is 0 Å². The maximum atomic E-state index is 6.09. The van der Waals surface area contributed by atoms with Crippen LogP contribution in [0.1, 0.15) is 55.5 Å². The van der Waals surface area contributed by atoms with Gasteiger partial charge in [0, 0.05) is 47.9 Å². The Hall–Kier alpha value is -1.45. The molecule has 132 valence electrons. The van der Waals surface area contributed by atoms with Crippen molar-refractivity contribution in [2.24, 2.45) is 11.8 Å². The second-order valence-corrected chi connectivity index (χ2v) is 7.89. The highest BCUT2D eigenvalue weighted by Gasteiger charge is 2.50. The highest BCUT2D eigenvalue weighted by Crippen LogP contribution is 2.54. The summed E-state index contributed by atoms with van der Waals surface area (Å²) in [5.74, 6) is 3.16. The quantitative estimate of drug-likeness (QED) is 0.840. The largest absolute Gasteiger partial charge is 0.309 e. The molecule has 2 saturated carbocycles. The summed E-state index contributed by atoms with van der Waals surface area (Å²) in [5, 5.41) is 4.64. The molecule has 1 heterocycles. The molecular formula is C21H26ClN3. The van der Waals surface area contributed by atoms with Gasteiger partial charge in [-0.3, -0.25) is 0 Å². The van der Waals surface area contributed by atoms with E-state index in [4.69, 9.17) is 11.6 Å². The molecule has 0 amide bonds. The van der Waals surface area contributed by atoms with Crippen molar-refractivity contribution in [3.8, 4) is 0 Å². The zero-order chi connectivity index (χ0) is 17.2. The van der Waals surface area contributed by atoms with E-state index in [0.29, 0.717) is 12.0 Å². The van der Waals surface area contributed by atoms with Crippen LogP contribution in [0.15, 0.2) is 36.7 Å². The maximum absolute atomic E-state index is 6.09. The molecule has 0 bridgehead atoms. The number of aromatic nitrogens is 2. The number of hydrogen-bond donors (Lipinski definition) is 1. The molecule has 2 aromatic rings. The SMILES string of the molecule is CCc1ncc(CN[C@@H]2[C@H]3CCCC[C@H]3[C@H]2c2ccc(Cl)cc2)cn1. The molecule has 4 heteroatoms. The zero-order valence-electron chi connectivity index (χ0n) is 14.8. The minimum Gasteiger partial charge on any atom is -0.309 e. The van der Waals surface area contributed by atoms with Crippen LogP contribution in [0, 0.1) is 11.8 Å². The van der Waals surface area contributed by atoms with Crippen molar-refractivity contribution in [2.45, 2.75) is 57.5 Å². The van der Waals surface area contributed by atoms with E-state index in [0.717, 1.165) is 35.6 Å². The average Bonchev–Trinajstić information content (AvgIpc) is 2.65.